The topological polar surface area (TPSA) is 76.1 Å². The zero-order valence-electron chi connectivity index (χ0n) is 11.2. The van der Waals surface area contributed by atoms with Crippen LogP contribution in [-0.4, -0.2) is 34.1 Å². The molecule has 1 heterocycles. The van der Waals surface area contributed by atoms with Crippen molar-refractivity contribution in [3.63, 3.8) is 0 Å². The van der Waals surface area contributed by atoms with Crippen molar-refractivity contribution in [2.75, 3.05) is 18.4 Å². The van der Waals surface area contributed by atoms with Crippen LogP contribution in [0, 0.1) is 0 Å². The fourth-order valence-corrected chi connectivity index (χ4v) is 1.67. The molecular formula is C10H15F3N4O2S. The summed E-state index contributed by atoms with van der Waals surface area (Å²) < 4.78 is 44.9. The Hall–Kier alpha value is -1.58. The van der Waals surface area contributed by atoms with Crippen LogP contribution in [0.3, 0.4) is 0 Å². The van der Waals surface area contributed by atoms with Gasteiger partial charge in [-0.15, -0.1) is 0 Å². The Morgan fingerprint density at radius 1 is 1.30 bits per heavy atom. The maximum absolute atomic E-state index is 12.2. The summed E-state index contributed by atoms with van der Waals surface area (Å²) in [6, 6.07) is 0. The van der Waals surface area contributed by atoms with Crippen molar-refractivity contribution in [2.24, 2.45) is 0 Å². The SMILES string of the molecule is CC(C)(C)OC(=O)NCCNc1nc(C(F)(F)F)ns1. The highest BCUT2D eigenvalue weighted by Gasteiger charge is 2.36. The van der Waals surface area contributed by atoms with Crippen LogP contribution < -0.4 is 10.6 Å². The van der Waals surface area contributed by atoms with Crippen LogP contribution in [0.1, 0.15) is 26.6 Å². The molecule has 1 aromatic rings. The summed E-state index contributed by atoms with van der Waals surface area (Å²) in [6.45, 7) is 5.59. The minimum absolute atomic E-state index is 0.0447. The van der Waals surface area contributed by atoms with Gasteiger partial charge in [0.1, 0.15) is 5.60 Å². The van der Waals surface area contributed by atoms with Gasteiger partial charge in [-0.3, -0.25) is 0 Å². The molecule has 0 aromatic carbocycles. The monoisotopic (exact) mass is 312 g/mol. The third kappa shape index (κ3) is 6.04. The number of carbonyl (C=O) groups excluding carboxylic acids is 1. The molecule has 0 radical (unpaired) electrons. The highest BCUT2D eigenvalue weighted by molar-refractivity contribution is 7.09. The van der Waals surface area contributed by atoms with Gasteiger partial charge in [0.15, 0.2) is 0 Å². The zero-order chi connectivity index (χ0) is 15.4. The summed E-state index contributed by atoms with van der Waals surface area (Å²) in [5.41, 5.74) is -0.599. The molecule has 0 spiro atoms. The van der Waals surface area contributed by atoms with E-state index < -0.39 is 23.7 Å². The largest absolute Gasteiger partial charge is 0.452 e. The van der Waals surface area contributed by atoms with E-state index in [1.807, 2.05) is 0 Å². The number of amides is 1. The zero-order valence-corrected chi connectivity index (χ0v) is 12.0. The van der Waals surface area contributed by atoms with E-state index in [1.165, 1.54) is 0 Å². The van der Waals surface area contributed by atoms with Crippen LogP contribution in [0.5, 0.6) is 0 Å². The molecule has 0 saturated carbocycles. The van der Waals surface area contributed by atoms with Crippen molar-refractivity contribution in [2.45, 2.75) is 32.5 Å². The van der Waals surface area contributed by atoms with Crippen molar-refractivity contribution < 1.29 is 22.7 Å². The number of nitrogens with zero attached hydrogens (tertiary/aromatic N) is 2. The Morgan fingerprint density at radius 2 is 1.95 bits per heavy atom. The Balaban J connectivity index is 2.28. The summed E-state index contributed by atoms with van der Waals surface area (Å²) in [7, 11) is 0. The Kier molecular flexibility index (Phi) is 5.15. The molecule has 20 heavy (non-hydrogen) atoms. The second-order valence-electron chi connectivity index (χ2n) is 4.78. The van der Waals surface area contributed by atoms with Crippen LogP contribution >= 0.6 is 11.5 Å². The molecule has 2 N–H and O–H groups in total. The van der Waals surface area contributed by atoms with Gasteiger partial charge in [0.25, 0.3) is 0 Å². The molecule has 10 heteroatoms. The van der Waals surface area contributed by atoms with E-state index in [1.54, 1.807) is 20.8 Å². The highest BCUT2D eigenvalue weighted by atomic mass is 32.1. The van der Waals surface area contributed by atoms with Gasteiger partial charge >= 0.3 is 12.3 Å². The number of alkyl carbamates (subject to hydrolysis) is 1. The van der Waals surface area contributed by atoms with E-state index >= 15 is 0 Å². The van der Waals surface area contributed by atoms with Crippen LogP contribution in [0.15, 0.2) is 0 Å². The van der Waals surface area contributed by atoms with Crippen LogP contribution in [0.4, 0.5) is 23.1 Å². The number of rotatable bonds is 4. The number of alkyl halides is 3. The number of carbonyl (C=O) groups is 1. The Labute approximate surface area is 117 Å². The minimum Gasteiger partial charge on any atom is -0.444 e. The molecule has 1 aromatic heterocycles. The second-order valence-corrected chi connectivity index (χ2v) is 5.53. The molecule has 0 bridgehead atoms. The van der Waals surface area contributed by atoms with Crippen molar-refractivity contribution in [1.82, 2.24) is 14.7 Å². The number of nitrogens with one attached hydrogen (secondary N) is 2. The van der Waals surface area contributed by atoms with E-state index in [9.17, 15) is 18.0 Å². The Morgan fingerprint density at radius 3 is 2.45 bits per heavy atom. The molecule has 6 nitrogen and oxygen atoms in total. The number of aromatic nitrogens is 2. The smallest absolute Gasteiger partial charge is 0.444 e. The van der Waals surface area contributed by atoms with Gasteiger partial charge in [-0.2, -0.15) is 22.5 Å². The lowest BCUT2D eigenvalue weighted by Gasteiger charge is -2.19. The summed E-state index contributed by atoms with van der Waals surface area (Å²) in [4.78, 5) is 14.6. The van der Waals surface area contributed by atoms with Crippen LogP contribution in [-0.2, 0) is 10.9 Å². The first kappa shape index (κ1) is 16.5. The fraction of sp³-hybridized carbons (Fsp3) is 0.700. The molecule has 1 rings (SSSR count). The van der Waals surface area contributed by atoms with Gasteiger partial charge in [0.2, 0.25) is 11.0 Å². The molecule has 114 valence electrons. The molecule has 0 fully saturated rings. The van der Waals surface area contributed by atoms with Crippen molar-refractivity contribution >= 4 is 22.8 Å². The maximum Gasteiger partial charge on any atom is 0.452 e. The van der Waals surface area contributed by atoms with Crippen molar-refractivity contribution in [3.05, 3.63) is 5.82 Å². The number of hydrogen-bond donors (Lipinski definition) is 2. The van der Waals surface area contributed by atoms with Crippen molar-refractivity contribution in [1.29, 1.82) is 0 Å². The number of anilines is 1. The van der Waals surface area contributed by atoms with E-state index in [2.05, 4.69) is 20.0 Å². The Bertz CT molecular complexity index is 456. The molecule has 0 atom stereocenters. The molecule has 0 unspecified atom stereocenters. The molecular weight excluding hydrogens is 297 g/mol. The fourth-order valence-electron chi connectivity index (χ4n) is 1.06. The van der Waals surface area contributed by atoms with Gasteiger partial charge in [0, 0.05) is 24.6 Å². The molecule has 0 aliphatic heterocycles. The first-order valence-corrected chi connectivity index (χ1v) is 6.47. The van der Waals surface area contributed by atoms with E-state index in [0.717, 1.165) is 0 Å². The van der Waals surface area contributed by atoms with Gasteiger partial charge in [-0.25, -0.2) is 4.79 Å². The third-order valence-electron chi connectivity index (χ3n) is 1.75. The number of halogens is 3. The van der Waals surface area contributed by atoms with Crippen LogP contribution in [0.2, 0.25) is 0 Å². The lowest BCUT2D eigenvalue weighted by molar-refractivity contribution is -0.144. The number of ether oxygens (including phenoxy) is 1. The van der Waals surface area contributed by atoms with Gasteiger partial charge in [-0.05, 0) is 20.8 Å². The first-order valence-electron chi connectivity index (χ1n) is 5.69. The lowest BCUT2D eigenvalue weighted by atomic mass is 10.2. The minimum atomic E-state index is -4.55. The predicted octanol–water partition coefficient (Wildman–Crippen LogP) is 2.49. The highest BCUT2D eigenvalue weighted by Crippen LogP contribution is 2.28. The number of hydrogen-bond acceptors (Lipinski definition) is 6. The quantitative estimate of drug-likeness (QED) is 0.835. The third-order valence-corrected chi connectivity index (χ3v) is 2.42. The predicted molar refractivity (Wildman–Crippen MR) is 67.6 cm³/mol. The summed E-state index contributed by atoms with van der Waals surface area (Å²) in [5, 5.41) is 5.13. The summed E-state index contributed by atoms with van der Waals surface area (Å²) in [5.74, 6) is -1.18. The molecule has 1 amide bonds. The average Bonchev–Trinajstić information content (AvgIpc) is 2.70. The van der Waals surface area contributed by atoms with Crippen LogP contribution in [0.25, 0.3) is 0 Å². The lowest BCUT2D eigenvalue weighted by Crippen LogP contribution is -2.34. The van der Waals surface area contributed by atoms with E-state index in [0.29, 0.717) is 11.5 Å². The maximum atomic E-state index is 12.2. The first-order chi connectivity index (χ1) is 9.08. The molecule has 0 aliphatic rings. The molecule has 0 aliphatic carbocycles. The van der Waals surface area contributed by atoms with Gasteiger partial charge in [-0.1, -0.05) is 0 Å². The van der Waals surface area contributed by atoms with Gasteiger partial charge in [0.05, 0.1) is 0 Å². The van der Waals surface area contributed by atoms with E-state index in [-0.39, 0.29) is 18.2 Å². The van der Waals surface area contributed by atoms with E-state index in [4.69, 9.17) is 4.74 Å². The van der Waals surface area contributed by atoms with Crippen molar-refractivity contribution in [3.8, 4) is 0 Å². The summed E-state index contributed by atoms with van der Waals surface area (Å²) >= 11 is 0.609. The van der Waals surface area contributed by atoms with Gasteiger partial charge < -0.3 is 15.4 Å². The average molecular weight is 312 g/mol. The standard InChI is InChI=1S/C10H15F3N4O2S/c1-9(2,3)19-8(18)15-5-4-14-7-16-6(17-20-7)10(11,12)13/h4-5H2,1-3H3,(H,15,18)(H,14,16,17). The molecule has 0 saturated heterocycles. The summed E-state index contributed by atoms with van der Waals surface area (Å²) in [6.07, 6.45) is -5.14. The normalized spacial score (nSPS) is 12.1. The second kappa shape index (κ2) is 6.25.